The summed E-state index contributed by atoms with van der Waals surface area (Å²) >= 11 is 0. The minimum Gasteiger partial charge on any atom is -0.336 e. The fraction of sp³-hybridized carbons (Fsp3) is 0.389. The molecule has 134 valence electrons. The molecular formula is C18H20N6O2. The van der Waals surface area contributed by atoms with E-state index in [-0.39, 0.29) is 22.9 Å². The second-order valence-corrected chi connectivity index (χ2v) is 6.56. The van der Waals surface area contributed by atoms with Gasteiger partial charge >= 0.3 is 0 Å². The highest BCUT2D eigenvalue weighted by atomic mass is 16.2. The van der Waals surface area contributed by atoms with Gasteiger partial charge in [0.1, 0.15) is 11.2 Å². The number of fused-ring (bicyclic) bond motifs is 1. The molecular weight excluding hydrogens is 332 g/mol. The number of rotatable bonds is 3. The van der Waals surface area contributed by atoms with E-state index >= 15 is 0 Å². The van der Waals surface area contributed by atoms with Crippen LogP contribution in [-0.2, 0) is 6.54 Å². The van der Waals surface area contributed by atoms with Gasteiger partial charge in [0, 0.05) is 37.7 Å². The van der Waals surface area contributed by atoms with Gasteiger partial charge in [-0.2, -0.15) is 0 Å². The Morgan fingerprint density at radius 2 is 2.19 bits per heavy atom. The molecule has 1 amide bonds. The van der Waals surface area contributed by atoms with E-state index in [0.29, 0.717) is 30.7 Å². The van der Waals surface area contributed by atoms with E-state index in [1.54, 1.807) is 40.3 Å². The van der Waals surface area contributed by atoms with Crippen molar-refractivity contribution in [3.63, 3.8) is 0 Å². The molecule has 4 rings (SSSR count). The molecule has 0 radical (unpaired) electrons. The predicted octanol–water partition coefficient (Wildman–Crippen LogP) is 1.40. The van der Waals surface area contributed by atoms with Gasteiger partial charge in [-0.3, -0.25) is 9.59 Å². The molecule has 3 aromatic rings. The molecule has 1 atom stereocenters. The SMILES string of the molecule is CCn1cc(C(=O)N2CCC(n3ccnn3)C2)c(=O)c2ccc(C)nc21. The van der Waals surface area contributed by atoms with Crippen LogP contribution in [0.15, 0.2) is 35.5 Å². The van der Waals surface area contributed by atoms with Crippen LogP contribution in [0.4, 0.5) is 0 Å². The summed E-state index contributed by atoms with van der Waals surface area (Å²) in [4.78, 5) is 32.1. The quantitative estimate of drug-likeness (QED) is 0.711. The molecule has 0 aromatic carbocycles. The van der Waals surface area contributed by atoms with Crippen LogP contribution in [0.2, 0.25) is 0 Å². The largest absolute Gasteiger partial charge is 0.336 e. The van der Waals surface area contributed by atoms with Gasteiger partial charge in [-0.05, 0) is 32.4 Å². The van der Waals surface area contributed by atoms with E-state index in [9.17, 15) is 9.59 Å². The van der Waals surface area contributed by atoms with Gasteiger partial charge < -0.3 is 9.47 Å². The highest BCUT2D eigenvalue weighted by molar-refractivity contribution is 5.97. The molecule has 1 fully saturated rings. The van der Waals surface area contributed by atoms with Crippen molar-refractivity contribution in [3.8, 4) is 0 Å². The number of likely N-dealkylation sites (tertiary alicyclic amines) is 1. The molecule has 0 N–H and O–H groups in total. The number of aromatic nitrogens is 5. The molecule has 1 saturated heterocycles. The van der Waals surface area contributed by atoms with Crippen molar-refractivity contribution in [1.82, 2.24) is 29.4 Å². The fourth-order valence-corrected chi connectivity index (χ4v) is 3.48. The Morgan fingerprint density at radius 3 is 2.92 bits per heavy atom. The summed E-state index contributed by atoms with van der Waals surface area (Å²) in [6.45, 7) is 5.61. The first-order valence-electron chi connectivity index (χ1n) is 8.74. The standard InChI is InChI=1S/C18H20N6O2/c1-3-22-11-15(16(25)14-5-4-12(2)20-17(14)22)18(26)23-8-6-13(10-23)24-9-7-19-21-24/h4-5,7,9,11,13H,3,6,8,10H2,1-2H3. The van der Waals surface area contributed by atoms with Crippen LogP contribution in [0.25, 0.3) is 11.0 Å². The molecule has 1 aliphatic heterocycles. The first-order chi connectivity index (χ1) is 12.6. The van der Waals surface area contributed by atoms with Crippen molar-refractivity contribution in [2.24, 2.45) is 0 Å². The number of pyridine rings is 2. The number of carbonyl (C=O) groups is 1. The topological polar surface area (TPSA) is 85.9 Å². The number of nitrogens with zero attached hydrogens (tertiary/aromatic N) is 6. The second-order valence-electron chi connectivity index (χ2n) is 6.56. The normalized spacial score (nSPS) is 17.2. The Labute approximate surface area is 150 Å². The zero-order valence-electron chi connectivity index (χ0n) is 14.8. The first-order valence-corrected chi connectivity index (χ1v) is 8.74. The van der Waals surface area contributed by atoms with Crippen LogP contribution < -0.4 is 5.43 Å². The molecule has 4 heterocycles. The van der Waals surface area contributed by atoms with E-state index in [0.717, 1.165) is 12.1 Å². The lowest BCUT2D eigenvalue weighted by molar-refractivity contribution is 0.0785. The van der Waals surface area contributed by atoms with Crippen LogP contribution in [0.1, 0.15) is 35.4 Å². The average molecular weight is 352 g/mol. The molecule has 0 spiro atoms. The maximum atomic E-state index is 13.0. The highest BCUT2D eigenvalue weighted by Crippen LogP contribution is 2.22. The second kappa shape index (κ2) is 6.36. The smallest absolute Gasteiger partial charge is 0.259 e. The summed E-state index contributed by atoms with van der Waals surface area (Å²) in [5, 5.41) is 8.32. The monoisotopic (exact) mass is 352 g/mol. The Bertz CT molecular complexity index is 1020. The number of hydrogen-bond donors (Lipinski definition) is 0. The summed E-state index contributed by atoms with van der Waals surface area (Å²) in [5.41, 5.74) is 1.40. The Balaban J connectivity index is 1.70. The van der Waals surface area contributed by atoms with E-state index in [4.69, 9.17) is 0 Å². The third kappa shape index (κ3) is 2.67. The summed E-state index contributed by atoms with van der Waals surface area (Å²) < 4.78 is 3.63. The van der Waals surface area contributed by atoms with Gasteiger partial charge in [0.2, 0.25) is 5.43 Å². The lowest BCUT2D eigenvalue weighted by atomic mass is 10.1. The van der Waals surface area contributed by atoms with Crippen molar-refractivity contribution >= 4 is 16.9 Å². The van der Waals surface area contributed by atoms with Crippen LogP contribution in [0, 0.1) is 6.92 Å². The molecule has 0 saturated carbocycles. The van der Waals surface area contributed by atoms with E-state index in [2.05, 4.69) is 15.3 Å². The van der Waals surface area contributed by atoms with Crippen LogP contribution in [-0.4, -0.2) is 48.4 Å². The number of amides is 1. The van der Waals surface area contributed by atoms with Crippen LogP contribution in [0.5, 0.6) is 0 Å². The third-order valence-electron chi connectivity index (χ3n) is 4.90. The lowest BCUT2D eigenvalue weighted by Gasteiger charge is -2.18. The van der Waals surface area contributed by atoms with Crippen molar-refractivity contribution in [3.05, 3.63) is 52.2 Å². The first kappa shape index (κ1) is 16.4. The number of aryl methyl sites for hydroxylation is 2. The zero-order valence-corrected chi connectivity index (χ0v) is 14.8. The third-order valence-corrected chi connectivity index (χ3v) is 4.90. The van der Waals surface area contributed by atoms with Crippen molar-refractivity contribution in [1.29, 1.82) is 0 Å². The van der Waals surface area contributed by atoms with E-state index in [1.807, 2.05) is 18.4 Å². The molecule has 3 aromatic heterocycles. The number of carbonyl (C=O) groups excluding carboxylic acids is 1. The minimum atomic E-state index is -0.258. The van der Waals surface area contributed by atoms with Gasteiger partial charge in [0.25, 0.3) is 5.91 Å². The summed E-state index contributed by atoms with van der Waals surface area (Å²) in [6, 6.07) is 3.65. The predicted molar refractivity (Wildman–Crippen MR) is 96.0 cm³/mol. The highest BCUT2D eigenvalue weighted by Gasteiger charge is 2.30. The average Bonchev–Trinajstić information content (AvgIpc) is 3.33. The van der Waals surface area contributed by atoms with E-state index < -0.39 is 0 Å². The van der Waals surface area contributed by atoms with Crippen LogP contribution >= 0.6 is 0 Å². The van der Waals surface area contributed by atoms with Gasteiger partial charge in [0.05, 0.1) is 17.6 Å². The summed E-state index contributed by atoms with van der Waals surface area (Å²) in [6.07, 6.45) is 5.86. The van der Waals surface area contributed by atoms with Gasteiger partial charge in [-0.15, -0.1) is 5.10 Å². The Hall–Kier alpha value is -3.03. The zero-order chi connectivity index (χ0) is 18.3. The number of hydrogen-bond acceptors (Lipinski definition) is 5. The summed E-state index contributed by atoms with van der Waals surface area (Å²) in [7, 11) is 0. The van der Waals surface area contributed by atoms with Crippen molar-refractivity contribution in [2.75, 3.05) is 13.1 Å². The van der Waals surface area contributed by atoms with Gasteiger partial charge in [0.15, 0.2) is 0 Å². The maximum absolute atomic E-state index is 13.0. The maximum Gasteiger partial charge on any atom is 0.259 e. The van der Waals surface area contributed by atoms with Crippen molar-refractivity contribution in [2.45, 2.75) is 32.9 Å². The molecule has 1 unspecified atom stereocenters. The van der Waals surface area contributed by atoms with Crippen LogP contribution in [0.3, 0.4) is 0 Å². The Kier molecular flexibility index (Phi) is 4.02. The molecule has 1 aliphatic rings. The molecule has 8 heteroatoms. The Morgan fingerprint density at radius 1 is 1.35 bits per heavy atom. The van der Waals surface area contributed by atoms with Gasteiger partial charge in [-0.1, -0.05) is 5.21 Å². The van der Waals surface area contributed by atoms with Gasteiger partial charge in [-0.25, -0.2) is 9.67 Å². The lowest BCUT2D eigenvalue weighted by Crippen LogP contribution is -2.33. The molecule has 8 nitrogen and oxygen atoms in total. The van der Waals surface area contributed by atoms with Crippen molar-refractivity contribution < 1.29 is 4.79 Å². The summed E-state index contributed by atoms with van der Waals surface area (Å²) in [5.74, 6) is -0.234. The molecule has 26 heavy (non-hydrogen) atoms. The fourth-order valence-electron chi connectivity index (χ4n) is 3.48. The molecule has 0 aliphatic carbocycles. The molecule has 0 bridgehead atoms. The van der Waals surface area contributed by atoms with E-state index in [1.165, 1.54) is 0 Å². The minimum absolute atomic E-state index is 0.0969.